The molecule has 0 fully saturated rings. The minimum absolute atomic E-state index is 0.692. The van der Waals surface area contributed by atoms with Crippen LogP contribution in [0.5, 0.6) is 5.75 Å². The monoisotopic (exact) mass is 287 g/mol. The maximum absolute atomic E-state index is 5.97. The molecule has 0 amide bonds. The van der Waals surface area contributed by atoms with Gasteiger partial charge in [0.2, 0.25) is 0 Å². The normalized spacial score (nSPS) is 11.0. The number of nitrogens with one attached hydrogen (secondary N) is 1. The van der Waals surface area contributed by atoms with Crippen molar-refractivity contribution >= 4 is 10.8 Å². The van der Waals surface area contributed by atoms with Gasteiger partial charge in [-0.3, -0.25) is 0 Å². The summed E-state index contributed by atoms with van der Waals surface area (Å²) < 4.78 is 11.3. The Morgan fingerprint density at radius 3 is 2.67 bits per heavy atom. The van der Waals surface area contributed by atoms with Gasteiger partial charge in [0, 0.05) is 31.7 Å². The molecular weight excluding hydrogens is 262 g/mol. The Kier molecular flexibility index (Phi) is 6.51. The quantitative estimate of drug-likeness (QED) is 0.712. The molecule has 0 atom stereocenters. The zero-order valence-electron chi connectivity index (χ0n) is 13.0. The maximum atomic E-state index is 5.97. The predicted molar refractivity (Wildman–Crippen MR) is 87.9 cm³/mol. The molecule has 0 saturated carbocycles. The van der Waals surface area contributed by atoms with Crippen LogP contribution in [0, 0.1) is 0 Å². The van der Waals surface area contributed by atoms with E-state index >= 15 is 0 Å². The highest BCUT2D eigenvalue weighted by molar-refractivity contribution is 5.87. The van der Waals surface area contributed by atoms with Gasteiger partial charge in [0.05, 0.1) is 6.61 Å². The summed E-state index contributed by atoms with van der Waals surface area (Å²) in [5, 5.41) is 5.92. The van der Waals surface area contributed by atoms with Crippen molar-refractivity contribution in [2.24, 2.45) is 0 Å². The summed E-state index contributed by atoms with van der Waals surface area (Å²) in [5.74, 6) is 0.978. The maximum Gasteiger partial charge on any atom is 0.124 e. The fourth-order valence-electron chi connectivity index (χ4n) is 2.37. The molecule has 2 aromatic rings. The van der Waals surface area contributed by atoms with Crippen LogP contribution >= 0.6 is 0 Å². The van der Waals surface area contributed by atoms with Crippen molar-refractivity contribution in [3.05, 3.63) is 42.0 Å². The molecule has 0 aliphatic rings. The van der Waals surface area contributed by atoms with Crippen molar-refractivity contribution in [3.63, 3.8) is 0 Å². The lowest BCUT2D eigenvalue weighted by Crippen LogP contribution is -2.14. The minimum Gasteiger partial charge on any atom is -0.493 e. The second-order valence-corrected chi connectivity index (χ2v) is 4.94. The zero-order chi connectivity index (χ0) is 14.9. The molecular formula is C18H25NO2. The molecule has 0 heterocycles. The van der Waals surface area contributed by atoms with E-state index in [1.165, 1.54) is 16.3 Å². The number of rotatable bonds is 9. The first kappa shape index (κ1) is 15.8. The van der Waals surface area contributed by atoms with Crippen LogP contribution in [0.15, 0.2) is 36.4 Å². The van der Waals surface area contributed by atoms with Gasteiger partial charge in [0.15, 0.2) is 0 Å². The fraction of sp³-hybridized carbons (Fsp3) is 0.444. The van der Waals surface area contributed by atoms with E-state index < -0.39 is 0 Å². The molecule has 3 nitrogen and oxygen atoms in total. The lowest BCUT2D eigenvalue weighted by molar-refractivity contribution is 0.130. The molecule has 0 bridgehead atoms. The highest BCUT2D eigenvalue weighted by Crippen LogP contribution is 2.28. The lowest BCUT2D eigenvalue weighted by Gasteiger charge is -2.14. The van der Waals surface area contributed by atoms with E-state index in [0.29, 0.717) is 6.61 Å². The van der Waals surface area contributed by atoms with Crippen LogP contribution in [-0.2, 0) is 11.3 Å². The average Bonchev–Trinajstić information content (AvgIpc) is 2.53. The summed E-state index contributed by atoms with van der Waals surface area (Å²) in [5.41, 5.74) is 1.24. The van der Waals surface area contributed by atoms with Gasteiger partial charge in [0.25, 0.3) is 0 Å². The molecule has 0 unspecified atom stereocenters. The van der Waals surface area contributed by atoms with Crippen LogP contribution in [-0.4, -0.2) is 26.4 Å². The third-order valence-corrected chi connectivity index (χ3v) is 3.44. The Balaban J connectivity index is 2.13. The van der Waals surface area contributed by atoms with Crippen molar-refractivity contribution in [2.45, 2.75) is 26.8 Å². The molecule has 2 rings (SSSR count). The lowest BCUT2D eigenvalue weighted by atomic mass is 10.0. The third kappa shape index (κ3) is 4.45. The van der Waals surface area contributed by atoms with E-state index in [0.717, 1.165) is 38.5 Å². The van der Waals surface area contributed by atoms with Gasteiger partial charge < -0.3 is 14.8 Å². The summed E-state index contributed by atoms with van der Waals surface area (Å²) in [7, 11) is 0. The highest BCUT2D eigenvalue weighted by Gasteiger charge is 2.08. The molecule has 3 heteroatoms. The van der Waals surface area contributed by atoms with Gasteiger partial charge in [-0.05, 0) is 30.3 Å². The molecule has 21 heavy (non-hydrogen) atoms. The third-order valence-electron chi connectivity index (χ3n) is 3.44. The predicted octanol–water partition coefficient (Wildman–Crippen LogP) is 3.75. The van der Waals surface area contributed by atoms with Crippen LogP contribution in [0.2, 0.25) is 0 Å². The Morgan fingerprint density at radius 2 is 1.86 bits per heavy atom. The molecule has 0 aromatic heterocycles. The second kappa shape index (κ2) is 8.65. The van der Waals surface area contributed by atoms with Gasteiger partial charge in [-0.25, -0.2) is 0 Å². The molecule has 0 aliphatic carbocycles. The smallest absolute Gasteiger partial charge is 0.124 e. The van der Waals surface area contributed by atoms with Crippen molar-refractivity contribution in [1.29, 1.82) is 0 Å². The van der Waals surface area contributed by atoms with E-state index in [4.69, 9.17) is 9.47 Å². The van der Waals surface area contributed by atoms with Crippen LogP contribution < -0.4 is 10.1 Å². The van der Waals surface area contributed by atoms with Crippen LogP contribution in [0.3, 0.4) is 0 Å². The highest BCUT2D eigenvalue weighted by atomic mass is 16.5. The van der Waals surface area contributed by atoms with Gasteiger partial charge in [0.1, 0.15) is 5.75 Å². The SMILES string of the molecule is CCNCc1c(OCCCOCC)ccc2ccccc12. The number of fused-ring (bicyclic) bond motifs is 1. The van der Waals surface area contributed by atoms with Crippen molar-refractivity contribution in [2.75, 3.05) is 26.4 Å². The first-order valence-electron chi connectivity index (χ1n) is 7.78. The van der Waals surface area contributed by atoms with Crippen molar-refractivity contribution in [3.8, 4) is 5.75 Å². The van der Waals surface area contributed by atoms with Gasteiger partial charge in [-0.15, -0.1) is 0 Å². The minimum atomic E-state index is 0.692. The molecule has 114 valence electrons. The molecule has 0 radical (unpaired) electrons. The topological polar surface area (TPSA) is 30.5 Å². The fourth-order valence-corrected chi connectivity index (χ4v) is 2.37. The summed E-state index contributed by atoms with van der Waals surface area (Å²) in [4.78, 5) is 0. The number of ether oxygens (including phenoxy) is 2. The summed E-state index contributed by atoms with van der Waals surface area (Å²) in [6, 6.07) is 12.7. The van der Waals surface area contributed by atoms with Crippen LogP contribution in [0.1, 0.15) is 25.8 Å². The Bertz CT molecular complexity index is 554. The zero-order valence-corrected chi connectivity index (χ0v) is 13.0. The van der Waals surface area contributed by atoms with Crippen molar-refractivity contribution in [1.82, 2.24) is 5.32 Å². The van der Waals surface area contributed by atoms with E-state index in [1.54, 1.807) is 0 Å². The number of hydrogen-bond acceptors (Lipinski definition) is 3. The van der Waals surface area contributed by atoms with E-state index in [9.17, 15) is 0 Å². The summed E-state index contributed by atoms with van der Waals surface area (Å²) in [6.07, 6.45) is 0.918. The molecule has 0 saturated heterocycles. The Hall–Kier alpha value is -1.58. The summed E-state index contributed by atoms with van der Waals surface area (Å²) in [6.45, 7) is 8.13. The standard InChI is InChI=1S/C18H25NO2/c1-3-19-14-17-16-9-6-5-8-15(16)10-11-18(17)21-13-7-12-20-4-2/h5-6,8-11,19H,3-4,7,12-14H2,1-2H3. The largest absolute Gasteiger partial charge is 0.493 e. The first-order valence-corrected chi connectivity index (χ1v) is 7.78. The molecule has 0 aliphatic heterocycles. The van der Waals surface area contributed by atoms with E-state index in [1.807, 2.05) is 6.92 Å². The Morgan fingerprint density at radius 1 is 1.00 bits per heavy atom. The molecule has 1 N–H and O–H groups in total. The van der Waals surface area contributed by atoms with Crippen LogP contribution in [0.4, 0.5) is 0 Å². The first-order chi connectivity index (χ1) is 10.4. The molecule has 2 aromatic carbocycles. The average molecular weight is 287 g/mol. The van der Waals surface area contributed by atoms with Gasteiger partial charge >= 0.3 is 0 Å². The number of benzene rings is 2. The summed E-state index contributed by atoms with van der Waals surface area (Å²) >= 11 is 0. The Labute approximate surface area is 127 Å². The number of hydrogen-bond donors (Lipinski definition) is 1. The molecule has 0 spiro atoms. The van der Waals surface area contributed by atoms with Crippen LogP contribution in [0.25, 0.3) is 10.8 Å². The second-order valence-electron chi connectivity index (χ2n) is 4.94. The van der Waals surface area contributed by atoms with Crippen molar-refractivity contribution < 1.29 is 9.47 Å². The van der Waals surface area contributed by atoms with Gasteiger partial charge in [-0.1, -0.05) is 37.3 Å². The van der Waals surface area contributed by atoms with E-state index in [2.05, 4.69) is 48.6 Å². The van der Waals surface area contributed by atoms with Gasteiger partial charge in [-0.2, -0.15) is 0 Å². The van der Waals surface area contributed by atoms with E-state index in [-0.39, 0.29) is 0 Å².